The van der Waals surface area contributed by atoms with Crippen LogP contribution in [0.4, 0.5) is 5.69 Å². The first-order valence-electron chi connectivity index (χ1n) is 7.71. The van der Waals surface area contributed by atoms with Crippen molar-refractivity contribution in [1.82, 2.24) is 5.32 Å². The van der Waals surface area contributed by atoms with E-state index in [0.29, 0.717) is 11.5 Å². The van der Waals surface area contributed by atoms with Gasteiger partial charge in [-0.3, -0.25) is 0 Å². The third kappa shape index (κ3) is 3.76. The maximum absolute atomic E-state index is 3.63. The number of hydrogen-bond donors (Lipinski definition) is 1. The number of halogens is 1. The van der Waals surface area contributed by atoms with E-state index in [1.807, 2.05) is 0 Å². The van der Waals surface area contributed by atoms with Crippen molar-refractivity contribution < 1.29 is 0 Å². The zero-order chi connectivity index (χ0) is 14.8. The highest BCUT2D eigenvalue weighted by Crippen LogP contribution is 2.37. The van der Waals surface area contributed by atoms with Gasteiger partial charge >= 0.3 is 0 Å². The number of nitrogens with zero attached hydrogens (tertiary/aromatic N) is 1. The lowest BCUT2D eigenvalue weighted by molar-refractivity contribution is 0.418. The van der Waals surface area contributed by atoms with E-state index in [9.17, 15) is 0 Å². The topological polar surface area (TPSA) is 15.3 Å². The fourth-order valence-electron chi connectivity index (χ4n) is 2.95. The Balaban J connectivity index is 2.24. The first kappa shape index (κ1) is 15.8. The summed E-state index contributed by atoms with van der Waals surface area (Å²) >= 11 is 3.63. The summed E-state index contributed by atoms with van der Waals surface area (Å²) in [5.74, 6) is 0. The molecule has 1 saturated heterocycles. The Bertz CT molecular complexity index is 456. The molecular weight excluding hydrogens is 312 g/mol. The zero-order valence-electron chi connectivity index (χ0n) is 13.2. The minimum atomic E-state index is 0.404. The van der Waals surface area contributed by atoms with Crippen LogP contribution < -0.4 is 10.2 Å². The van der Waals surface area contributed by atoms with Gasteiger partial charge in [0.1, 0.15) is 0 Å². The molecule has 1 heterocycles. The minimum Gasteiger partial charge on any atom is -0.371 e. The van der Waals surface area contributed by atoms with E-state index in [-0.39, 0.29) is 0 Å². The number of hydrogen-bond acceptors (Lipinski definition) is 2. The van der Waals surface area contributed by atoms with Crippen LogP contribution in [0, 0.1) is 5.41 Å². The van der Waals surface area contributed by atoms with E-state index in [0.717, 1.165) is 19.6 Å². The van der Waals surface area contributed by atoms with Crippen LogP contribution in [-0.2, 0) is 0 Å². The van der Waals surface area contributed by atoms with Crippen LogP contribution in [0.25, 0.3) is 0 Å². The van der Waals surface area contributed by atoms with Crippen molar-refractivity contribution in [2.75, 3.05) is 24.5 Å². The van der Waals surface area contributed by atoms with Crippen molar-refractivity contribution in [3.8, 4) is 0 Å². The molecule has 3 heteroatoms. The quantitative estimate of drug-likeness (QED) is 0.833. The molecule has 1 aliphatic heterocycles. The molecule has 0 aliphatic carbocycles. The van der Waals surface area contributed by atoms with Crippen molar-refractivity contribution in [3.05, 3.63) is 28.2 Å². The van der Waals surface area contributed by atoms with Gasteiger partial charge in [-0.15, -0.1) is 0 Å². The van der Waals surface area contributed by atoms with Crippen molar-refractivity contribution >= 4 is 21.6 Å². The van der Waals surface area contributed by atoms with Crippen molar-refractivity contribution in [2.24, 2.45) is 5.41 Å². The predicted octanol–water partition coefficient (Wildman–Crippen LogP) is 4.75. The lowest BCUT2D eigenvalue weighted by Gasteiger charge is -2.27. The third-order valence-corrected chi connectivity index (χ3v) is 4.67. The van der Waals surface area contributed by atoms with Gasteiger partial charge in [-0.25, -0.2) is 0 Å². The minimum absolute atomic E-state index is 0.404. The number of anilines is 1. The lowest BCUT2D eigenvalue weighted by Crippen LogP contribution is -2.26. The van der Waals surface area contributed by atoms with Gasteiger partial charge in [-0.05, 0) is 49.4 Å². The molecular formula is C17H27BrN2. The summed E-state index contributed by atoms with van der Waals surface area (Å²) in [4.78, 5) is 2.55. The van der Waals surface area contributed by atoms with E-state index >= 15 is 0 Å². The van der Waals surface area contributed by atoms with Crippen LogP contribution >= 0.6 is 15.9 Å². The van der Waals surface area contributed by atoms with Crippen LogP contribution in [0.3, 0.4) is 0 Å². The molecule has 2 nitrogen and oxygen atoms in total. The SMILES string of the molecule is CCCNC(C)c1ccc(Br)cc1N1CCC(C)(C)C1. The molecule has 0 amide bonds. The second kappa shape index (κ2) is 6.48. The summed E-state index contributed by atoms with van der Waals surface area (Å²) in [6.45, 7) is 12.6. The normalized spacial score (nSPS) is 19.4. The Hall–Kier alpha value is -0.540. The van der Waals surface area contributed by atoms with Gasteiger partial charge in [0.15, 0.2) is 0 Å². The zero-order valence-corrected chi connectivity index (χ0v) is 14.8. The Kier molecular flexibility index (Phi) is 5.14. The summed E-state index contributed by atoms with van der Waals surface area (Å²) in [6, 6.07) is 7.10. The standard InChI is InChI=1S/C17H27BrN2/c1-5-9-19-13(2)15-7-6-14(18)11-16(15)20-10-8-17(3,4)12-20/h6-7,11,13,19H,5,8-10,12H2,1-4H3. The average molecular weight is 339 g/mol. The number of nitrogens with one attached hydrogen (secondary N) is 1. The molecule has 112 valence electrons. The van der Waals surface area contributed by atoms with Gasteiger partial charge in [0.25, 0.3) is 0 Å². The maximum atomic E-state index is 3.63. The van der Waals surface area contributed by atoms with Gasteiger partial charge in [0, 0.05) is 29.3 Å². The van der Waals surface area contributed by atoms with Gasteiger partial charge in [-0.1, -0.05) is 42.8 Å². The third-order valence-electron chi connectivity index (χ3n) is 4.18. The molecule has 2 rings (SSSR count). The van der Waals surface area contributed by atoms with Gasteiger partial charge in [0.2, 0.25) is 0 Å². The molecule has 0 radical (unpaired) electrons. The van der Waals surface area contributed by atoms with Crippen molar-refractivity contribution in [2.45, 2.75) is 46.6 Å². The average Bonchev–Trinajstić information content (AvgIpc) is 2.76. The molecule has 1 atom stereocenters. The van der Waals surface area contributed by atoms with E-state index in [1.165, 1.54) is 28.6 Å². The van der Waals surface area contributed by atoms with E-state index in [1.54, 1.807) is 0 Å². The first-order valence-corrected chi connectivity index (χ1v) is 8.50. The van der Waals surface area contributed by atoms with Crippen molar-refractivity contribution in [1.29, 1.82) is 0 Å². The number of rotatable bonds is 5. The highest BCUT2D eigenvalue weighted by molar-refractivity contribution is 9.10. The summed E-state index contributed by atoms with van der Waals surface area (Å²) in [5.41, 5.74) is 3.24. The summed E-state index contributed by atoms with van der Waals surface area (Å²) in [7, 11) is 0. The van der Waals surface area contributed by atoms with E-state index in [2.05, 4.69) is 72.0 Å². The predicted molar refractivity (Wildman–Crippen MR) is 91.5 cm³/mol. The fourth-order valence-corrected chi connectivity index (χ4v) is 3.29. The van der Waals surface area contributed by atoms with E-state index in [4.69, 9.17) is 0 Å². The highest BCUT2D eigenvalue weighted by atomic mass is 79.9. The molecule has 1 N–H and O–H groups in total. The van der Waals surface area contributed by atoms with Crippen LogP contribution in [0.1, 0.15) is 52.1 Å². The van der Waals surface area contributed by atoms with Gasteiger partial charge < -0.3 is 10.2 Å². The molecule has 1 aromatic rings. The van der Waals surface area contributed by atoms with E-state index < -0.39 is 0 Å². The second-order valence-electron chi connectivity index (χ2n) is 6.71. The Labute approximate surface area is 132 Å². The summed E-state index contributed by atoms with van der Waals surface area (Å²) < 4.78 is 1.17. The van der Waals surface area contributed by atoms with Crippen LogP contribution in [0.5, 0.6) is 0 Å². The Morgan fingerprint density at radius 2 is 2.15 bits per heavy atom. The molecule has 20 heavy (non-hydrogen) atoms. The van der Waals surface area contributed by atoms with Crippen LogP contribution in [-0.4, -0.2) is 19.6 Å². The van der Waals surface area contributed by atoms with Gasteiger partial charge in [-0.2, -0.15) is 0 Å². The molecule has 0 spiro atoms. The summed E-state index contributed by atoms with van der Waals surface area (Å²) in [5, 5.41) is 3.61. The second-order valence-corrected chi connectivity index (χ2v) is 7.63. The molecule has 1 aromatic carbocycles. The Morgan fingerprint density at radius 3 is 2.75 bits per heavy atom. The molecule has 1 fully saturated rings. The first-order chi connectivity index (χ1) is 9.43. The Morgan fingerprint density at radius 1 is 1.40 bits per heavy atom. The molecule has 1 aliphatic rings. The monoisotopic (exact) mass is 338 g/mol. The fraction of sp³-hybridized carbons (Fsp3) is 0.647. The highest BCUT2D eigenvalue weighted by Gasteiger charge is 2.30. The largest absolute Gasteiger partial charge is 0.371 e. The molecule has 1 unspecified atom stereocenters. The smallest absolute Gasteiger partial charge is 0.0426 e. The molecule has 0 aromatic heterocycles. The maximum Gasteiger partial charge on any atom is 0.0426 e. The lowest BCUT2D eigenvalue weighted by atomic mass is 9.93. The molecule has 0 saturated carbocycles. The van der Waals surface area contributed by atoms with Crippen LogP contribution in [0.2, 0.25) is 0 Å². The number of benzene rings is 1. The molecule has 0 bridgehead atoms. The van der Waals surface area contributed by atoms with Crippen molar-refractivity contribution in [3.63, 3.8) is 0 Å². The van der Waals surface area contributed by atoms with Crippen LogP contribution in [0.15, 0.2) is 22.7 Å². The summed E-state index contributed by atoms with van der Waals surface area (Å²) in [6.07, 6.45) is 2.45. The van der Waals surface area contributed by atoms with Gasteiger partial charge in [0.05, 0.1) is 0 Å².